The predicted molar refractivity (Wildman–Crippen MR) is 77.9 cm³/mol. The van der Waals surface area contributed by atoms with E-state index in [2.05, 4.69) is 24.1 Å². The number of halogens is 2. The van der Waals surface area contributed by atoms with Crippen LogP contribution < -0.4 is 5.32 Å². The van der Waals surface area contributed by atoms with E-state index in [9.17, 15) is 4.39 Å². The lowest BCUT2D eigenvalue weighted by molar-refractivity contribution is 0.264. The van der Waals surface area contributed by atoms with Gasteiger partial charge in [-0.05, 0) is 45.3 Å². The smallest absolute Gasteiger partial charge is 0.146 e. The Morgan fingerprint density at radius 3 is 2.95 bits per heavy atom. The standard InChI is InChI=1S/C15H22ClFN2/c1-11(2)19-7-6-12(10-19)8-18-9-13-4-3-5-14(16)15(13)17/h3-5,11-12,18H,6-10H2,1-2H3. The average Bonchev–Trinajstić information content (AvgIpc) is 2.83. The first-order valence-electron chi connectivity index (χ1n) is 6.95. The highest BCUT2D eigenvalue weighted by Crippen LogP contribution is 2.19. The molecule has 0 spiro atoms. The molecule has 0 saturated carbocycles. The van der Waals surface area contributed by atoms with E-state index in [-0.39, 0.29) is 10.8 Å². The van der Waals surface area contributed by atoms with Crippen molar-refractivity contribution in [3.8, 4) is 0 Å². The Balaban J connectivity index is 1.77. The number of nitrogens with zero attached hydrogens (tertiary/aromatic N) is 1. The molecule has 1 aromatic carbocycles. The Kier molecular flexibility index (Phi) is 5.20. The zero-order valence-electron chi connectivity index (χ0n) is 11.6. The van der Waals surface area contributed by atoms with Crippen LogP contribution in [0.15, 0.2) is 18.2 Å². The van der Waals surface area contributed by atoms with E-state index in [0.29, 0.717) is 24.1 Å². The van der Waals surface area contributed by atoms with Gasteiger partial charge in [-0.25, -0.2) is 4.39 Å². The van der Waals surface area contributed by atoms with Gasteiger partial charge in [0.15, 0.2) is 0 Å². The summed E-state index contributed by atoms with van der Waals surface area (Å²) in [6, 6.07) is 5.77. The van der Waals surface area contributed by atoms with Crippen LogP contribution in [-0.2, 0) is 6.54 Å². The first-order chi connectivity index (χ1) is 9.08. The summed E-state index contributed by atoms with van der Waals surface area (Å²) in [5.74, 6) is 0.372. The third-order valence-electron chi connectivity index (χ3n) is 3.83. The van der Waals surface area contributed by atoms with Crippen LogP contribution >= 0.6 is 11.6 Å². The molecule has 1 N–H and O–H groups in total. The van der Waals surface area contributed by atoms with E-state index in [1.165, 1.54) is 13.0 Å². The molecule has 1 aliphatic heterocycles. The SMILES string of the molecule is CC(C)N1CCC(CNCc2cccc(Cl)c2F)C1. The van der Waals surface area contributed by atoms with Gasteiger partial charge in [0.1, 0.15) is 5.82 Å². The minimum Gasteiger partial charge on any atom is -0.312 e. The Labute approximate surface area is 119 Å². The zero-order valence-corrected chi connectivity index (χ0v) is 12.4. The van der Waals surface area contributed by atoms with Gasteiger partial charge in [0.2, 0.25) is 0 Å². The van der Waals surface area contributed by atoms with Crippen LogP contribution in [0.2, 0.25) is 5.02 Å². The van der Waals surface area contributed by atoms with E-state index in [1.54, 1.807) is 18.2 Å². The van der Waals surface area contributed by atoms with E-state index < -0.39 is 0 Å². The third-order valence-corrected chi connectivity index (χ3v) is 4.12. The number of hydrogen-bond donors (Lipinski definition) is 1. The van der Waals surface area contributed by atoms with Crippen LogP contribution in [0.5, 0.6) is 0 Å². The van der Waals surface area contributed by atoms with Gasteiger partial charge in [0, 0.05) is 24.7 Å². The molecule has 1 heterocycles. The van der Waals surface area contributed by atoms with Crippen molar-refractivity contribution in [3.05, 3.63) is 34.6 Å². The van der Waals surface area contributed by atoms with Crippen molar-refractivity contribution in [2.75, 3.05) is 19.6 Å². The van der Waals surface area contributed by atoms with E-state index in [0.717, 1.165) is 13.1 Å². The Bertz CT molecular complexity index is 423. The molecule has 1 fully saturated rings. The average molecular weight is 285 g/mol. The first kappa shape index (κ1) is 14.8. The molecule has 0 bridgehead atoms. The largest absolute Gasteiger partial charge is 0.312 e. The maximum Gasteiger partial charge on any atom is 0.146 e. The molecular formula is C15H22ClFN2. The molecular weight excluding hydrogens is 263 g/mol. The van der Waals surface area contributed by atoms with Gasteiger partial charge in [-0.2, -0.15) is 0 Å². The van der Waals surface area contributed by atoms with Gasteiger partial charge in [-0.1, -0.05) is 23.7 Å². The van der Waals surface area contributed by atoms with Crippen molar-refractivity contribution in [2.24, 2.45) is 5.92 Å². The second-order valence-corrected chi connectivity index (χ2v) is 5.99. The first-order valence-corrected chi connectivity index (χ1v) is 7.33. The molecule has 0 aromatic heterocycles. The summed E-state index contributed by atoms with van der Waals surface area (Å²) in [6.07, 6.45) is 1.23. The zero-order chi connectivity index (χ0) is 13.8. The van der Waals surface area contributed by atoms with Crippen molar-refractivity contribution < 1.29 is 4.39 Å². The van der Waals surface area contributed by atoms with E-state index in [4.69, 9.17) is 11.6 Å². The van der Waals surface area contributed by atoms with Crippen LogP contribution in [0, 0.1) is 11.7 Å². The molecule has 1 aliphatic rings. The van der Waals surface area contributed by atoms with Gasteiger partial charge in [0.05, 0.1) is 5.02 Å². The maximum absolute atomic E-state index is 13.7. The lowest BCUT2D eigenvalue weighted by Gasteiger charge is -2.20. The monoisotopic (exact) mass is 284 g/mol. The number of rotatable bonds is 5. The summed E-state index contributed by atoms with van der Waals surface area (Å²) in [6.45, 7) is 8.27. The summed E-state index contributed by atoms with van der Waals surface area (Å²) in [5, 5.41) is 3.55. The van der Waals surface area contributed by atoms with Crippen LogP contribution in [0.25, 0.3) is 0 Å². The number of nitrogens with one attached hydrogen (secondary N) is 1. The van der Waals surface area contributed by atoms with Crippen molar-refractivity contribution in [2.45, 2.75) is 32.9 Å². The van der Waals surface area contributed by atoms with Gasteiger partial charge < -0.3 is 10.2 Å². The molecule has 1 saturated heterocycles. The maximum atomic E-state index is 13.7. The predicted octanol–water partition coefficient (Wildman–Crippen LogP) is 3.30. The minimum absolute atomic E-state index is 0.200. The number of likely N-dealkylation sites (tertiary alicyclic amines) is 1. The van der Waals surface area contributed by atoms with E-state index >= 15 is 0 Å². The van der Waals surface area contributed by atoms with Gasteiger partial charge in [-0.15, -0.1) is 0 Å². The lowest BCUT2D eigenvalue weighted by atomic mass is 10.1. The number of benzene rings is 1. The number of hydrogen-bond acceptors (Lipinski definition) is 2. The fourth-order valence-electron chi connectivity index (χ4n) is 2.59. The van der Waals surface area contributed by atoms with Gasteiger partial charge in [0.25, 0.3) is 0 Å². The van der Waals surface area contributed by atoms with Crippen molar-refractivity contribution in [3.63, 3.8) is 0 Å². The highest BCUT2D eigenvalue weighted by molar-refractivity contribution is 6.30. The highest BCUT2D eigenvalue weighted by Gasteiger charge is 2.23. The molecule has 0 amide bonds. The van der Waals surface area contributed by atoms with E-state index in [1.807, 2.05) is 0 Å². The molecule has 19 heavy (non-hydrogen) atoms. The van der Waals surface area contributed by atoms with Crippen LogP contribution in [0.3, 0.4) is 0 Å². The summed E-state index contributed by atoms with van der Waals surface area (Å²) in [7, 11) is 0. The second-order valence-electron chi connectivity index (χ2n) is 5.59. The molecule has 0 aliphatic carbocycles. The van der Waals surface area contributed by atoms with Crippen molar-refractivity contribution in [1.29, 1.82) is 0 Å². The summed E-state index contributed by atoms with van der Waals surface area (Å²) < 4.78 is 13.7. The van der Waals surface area contributed by atoms with Crippen LogP contribution in [0.4, 0.5) is 4.39 Å². The third kappa shape index (κ3) is 3.91. The molecule has 1 atom stereocenters. The minimum atomic E-state index is -0.299. The molecule has 106 valence electrons. The molecule has 0 radical (unpaired) electrons. The molecule has 1 aromatic rings. The normalized spacial score (nSPS) is 20.4. The summed E-state index contributed by atoms with van der Waals surface area (Å²) >= 11 is 5.76. The molecule has 4 heteroatoms. The lowest BCUT2D eigenvalue weighted by Crippen LogP contribution is -2.30. The Hall–Kier alpha value is -0.640. The highest BCUT2D eigenvalue weighted by atomic mass is 35.5. The van der Waals surface area contributed by atoms with Gasteiger partial charge in [-0.3, -0.25) is 0 Å². The molecule has 2 nitrogen and oxygen atoms in total. The quantitative estimate of drug-likeness (QED) is 0.892. The Morgan fingerprint density at radius 1 is 1.47 bits per heavy atom. The summed E-state index contributed by atoms with van der Waals surface area (Å²) in [5.41, 5.74) is 0.645. The Morgan fingerprint density at radius 2 is 2.26 bits per heavy atom. The molecule has 2 rings (SSSR count). The topological polar surface area (TPSA) is 15.3 Å². The van der Waals surface area contributed by atoms with Crippen LogP contribution in [0.1, 0.15) is 25.8 Å². The fourth-order valence-corrected chi connectivity index (χ4v) is 2.79. The summed E-state index contributed by atoms with van der Waals surface area (Å²) in [4.78, 5) is 2.49. The molecule has 1 unspecified atom stereocenters. The van der Waals surface area contributed by atoms with Crippen molar-refractivity contribution >= 4 is 11.6 Å². The van der Waals surface area contributed by atoms with Crippen molar-refractivity contribution in [1.82, 2.24) is 10.2 Å². The fraction of sp³-hybridized carbons (Fsp3) is 0.600. The second kappa shape index (κ2) is 6.69. The van der Waals surface area contributed by atoms with Crippen LogP contribution in [-0.4, -0.2) is 30.6 Å². The van der Waals surface area contributed by atoms with Gasteiger partial charge >= 0.3 is 0 Å².